The zero-order chi connectivity index (χ0) is 18.4. The Bertz CT molecular complexity index is 460. The van der Waals surface area contributed by atoms with Gasteiger partial charge in [0.1, 0.15) is 0 Å². The van der Waals surface area contributed by atoms with Crippen molar-refractivity contribution in [3.8, 4) is 0 Å². The Balaban J connectivity index is 1.79. The minimum atomic E-state index is -0.164. The van der Waals surface area contributed by atoms with E-state index >= 15 is 0 Å². The van der Waals surface area contributed by atoms with E-state index in [0.717, 1.165) is 51.7 Å². The van der Waals surface area contributed by atoms with E-state index < -0.39 is 0 Å². The summed E-state index contributed by atoms with van der Waals surface area (Å²) in [7, 11) is 0. The molecule has 0 aromatic heterocycles. The zero-order valence-corrected chi connectivity index (χ0v) is 16.4. The maximum absolute atomic E-state index is 12.5. The molecule has 3 atom stereocenters. The smallest absolute Gasteiger partial charge is 0.237 e. The maximum Gasteiger partial charge on any atom is 0.237 e. The standard InChI is InChI=1S/C19H36N4O2/c1-5-19(3,4)22-17(24)14(2)23-11-7-8-15(13-23)12-21-18(25)16-9-6-10-20-16/h14-16,20H,5-13H2,1-4H3,(H,21,25)(H,22,24). The summed E-state index contributed by atoms with van der Waals surface area (Å²) >= 11 is 0. The van der Waals surface area contributed by atoms with Gasteiger partial charge in [0, 0.05) is 18.6 Å². The lowest BCUT2D eigenvalue weighted by Crippen LogP contribution is -2.54. The minimum absolute atomic E-state index is 0.0133. The second-order valence-electron chi connectivity index (χ2n) is 8.30. The van der Waals surface area contributed by atoms with Gasteiger partial charge in [0.05, 0.1) is 12.1 Å². The van der Waals surface area contributed by atoms with Crippen molar-refractivity contribution >= 4 is 11.8 Å². The molecule has 0 spiro atoms. The van der Waals surface area contributed by atoms with Crippen LogP contribution in [0, 0.1) is 5.92 Å². The molecule has 3 unspecified atom stereocenters. The summed E-state index contributed by atoms with van der Waals surface area (Å²) < 4.78 is 0. The van der Waals surface area contributed by atoms with E-state index in [4.69, 9.17) is 0 Å². The number of nitrogens with zero attached hydrogens (tertiary/aromatic N) is 1. The Morgan fingerprint density at radius 2 is 2.04 bits per heavy atom. The first-order valence-corrected chi connectivity index (χ1v) is 9.89. The quantitative estimate of drug-likeness (QED) is 0.645. The fourth-order valence-electron chi connectivity index (χ4n) is 3.58. The average molecular weight is 353 g/mol. The van der Waals surface area contributed by atoms with Gasteiger partial charge in [-0.15, -0.1) is 0 Å². The van der Waals surface area contributed by atoms with Crippen molar-refractivity contribution in [2.45, 2.75) is 77.4 Å². The molecule has 0 aliphatic carbocycles. The number of nitrogens with one attached hydrogen (secondary N) is 3. The molecule has 0 aromatic rings. The average Bonchev–Trinajstić information content (AvgIpc) is 3.13. The summed E-state index contributed by atoms with van der Waals surface area (Å²) in [6.07, 6.45) is 5.12. The number of likely N-dealkylation sites (tertiary alicyclic amines) is 1. The number of carbonyl (C=O) groups is 2. The van der Waals surface area contributed by atoms with Crippen LogP contribution in [0.4, 0.5) is 0 Å². The van der Waals surface area contributed by atoms with Crippen LogP contribution in [0.2, 0.25) is 0 Å². The van der Waals surface area contributed by atoms with Crippen molar-refractivity contribution in [2.24, 2.45) is 5.92 Å². The molecule has 2 amide bonds. The summed E-state index contributed by atoms with van der Waals surface area (Å²) in [6, 6.07) is -0.138. The predicted octanol–water partition coefficient (Wildman–Crippen LogP) is 1.26. The van der Waals surface area contributed by atoms with Crippen LogP contribution < -0.4 is 16.0 Å². The van der Waals surface area contributed by atoms with Crippen LogP contribution in [-0.2, 0) is 9.59 Å². The molecule has 6 nitrogen and oxygen atoms in total. The second-order valence-corrected chi connectivity index (χ2v) is 8.30. The topological polar surface area (TPSA) is 73.5 Å². The number of hydrogen-bond donors (Lipinski definition) is 3. The Hall–Kier alpha value is -1.14. The van der Waals surface area contributed by atoms with Crippen molar-refractivity contribution in [2.75, 3.05) is 26.2 Å². The van der Waals surface area contributed by atoms with Gasteiger partial charge in [0.15, 0.2) is 0 Å². The fraction of sp³-hybridized carbons (Fsp3) is 0.895. The van der Waals surface area contributed by atoms with Crippen LogP contribution in [-0.4, -0.2) is 60.5 Å². The van der Waals surface area contributed by atoms with E-state index in [1.54, 1.807) is 0 Å². The molecule has 3 N–H and O–H groups in total. The first kappa shape index (κ1) is 20.2. The van der Waals surface area contributed by atoms with Crippen molar-refractivity contribution in [1.29, 1.82) is 0 Å². The van der Waals surface area contributed by atoms with Crippen LogP contribution >= 0.6 is 0 Å². The summed E-state index contributed by atoms with van der Waals surface area (Å²) in [6.45, 7) is 11.7. The highest BCUT2D eigenvalue weighted by Crippen LogP contribution is 2.19. The molecule has 0 radical (unpaired) electrons. The first-order chi connectivity index (χ1) is 11.8. The van der Waals surface area contributed by atoms with E-state index in [9.17, 15) is 9.59 Å². The van der Waals surface area contributed by atoms with Gasteiger partial charge in [0.25, 0.3) is 0 Å². The molecule has 0 saturated carbocycles. The predicted molar refractivity (Wildman–Crippen MR) is 100 cm³/mol. The molecule has 0 bridgehead atoms. The van der Waals surface area contributed by atoms with Gasteiger partial charge < -0.3 is 16.0 Å². The van der Waals surface area contributed by atoms with E-state index in [2.05, 4.69) is 41.6 Å². The molecule has 2 rings (SSSR count). The molecule has 2 heterocycles. The number of hydrogen-bond acceptors (Lipinski definition) is 4. The van der Waals surface area contributed by atoms with E-state index in [1.807, 2.05) is 6.92 Å². The lowest BCUT2D eigenvalue weighted by Gasteiger charge is -2.37. The second kappa shape index (κ2) is 8.99. The monoisotopic (exact) mass is 352 g/mol. The zero-order valence-electron chi connectivity index (χ0n) is 16.4. The van der Waals surface area contributed by atoms with Gasteiger partial charge in [0.2, 0.25) is 11.8 Å². The Labute approximate surface area is 152 Å². The van der Waals surface area contributed by atoms with E-state index in [-0.39, 0.29) is 29.4 Å². The molecule has 2 fully saturated rings. The van der Waals surface area contributed by atoms with E-state index in [0.29, 0.717) is 12.5 Å². The summed E-state index contributed by atoms with van der Waals surface area (Å²) in [5, 5.41) is 9.49. The molecule has 25 heavy (non-hydrogen) atoms. The normalized spacial score (nSPS) is 26.2. The van der Waals surface area contributed by atoms with Crippen molar-refractivity contribution in [3.05, 3.63) is 0 Å². The SMILES string of the molecule is CCC(C)(C)NC(=O)C(C)N1CCCC(CNC(=O)C2CCCN2)C1. The summed E-state index contributed by atoms with van der Waals surface area (Å²) in [5.74, 6) is 0.658. The molecular weight excluding hydrogens is 316 g/mol. The third-order valence-corrected chi connectivity index (χ3v) is 5.76. The van der Waals surface area contributed by atoms with Gasteiger partial charge in [-0.3, -0.25) is 14.5 Å². The third-order valence-electron chi connectivity index (χ3n) is 5.76. The van der Waals surface area contributed by atoms with Gasteiger partial charge >= 0.3 is 0 Å². The maximum atomic E-state index is 12.5. The Morgan fingerprint density at radius 1 is 1.28 bits per heavy atom. The molecule has 2 saturated heterocycles. The molecule has 2 aliphatic heterocycles. The lowest BCUT2D eigenvalue weighted by atomic mass is 9.96. The van der Waals surface area contributed by atoms with Gasteiger partial charge in [-0.05, 0) is 71.9 Å². The lowest BCUT2D eigenvalue weighted by molar-refractivity contribution is -0.128. The Kier molecular flexibility index (Phi) is 7.25. The first-order valence-electron chi connectivity index (χ1n) is 9.89. The van der Waals surface area contributed by atoms with Gasteiger partial charge in [-0.2, -0.15) is 0 Å². The highest BCUT2D eigenvalue weighted by atomic mass is 16.2. The minimum Gasteiger partial charge on any atom is -0.354 e. The molecule has 144 valence electrons. The van der Waals surface area contributed by atoms with Gasteiger partial charge in [-0.25, -0.2) is 0 Å². The summed E-state index contributed by atoms with van der Waals surface area (Å²) in [5.41, 5.74) is -0.164. The van der Waals surface area contributed by atoms with Crippen LogP contribution in [0.5, 0.6) is 0 Å². The summed E-state index contributed by atoms with van der Waals surface area (Å²) in [4.78, 5) is 26.9. The van der Waals surface area contributed by atoms with E-state index in [1.165, 1.54) is 0 Å². The highest BCUT2D eigenvalue weighted by Gasteiger charge is 2.30. The van der Waals surface area contributed by atoms with Crippen molar-refractivity contribution < 1.29 is 9.59 Å². The Morgan fingerprint density at radius 3 is 2.68 bits per heavy atom. The molecular formula is C19H36N4O2. The third kappa shape index (κ3) is 5.96. The van der Waals surface area contributed by atoms with Crippen LogP contribution in [0.3, 0.4) is 0 Å². The van der Waals surface area contributed by atoms with Crippen LogP contribution in [0.1, 0.15) is 59.8 Å². The van der Waals surface area contributed by atoms with Crippen molar-refractivity contribution in [3.63, 3.8) is 0 Å². The highest BCUT2D eigenvalue weighted by molar-refractivity contribution is 5.82. The molecule has 0 aromatic carbocycles. The molecule has 2 aliphatic rings. The number of piperidine rings is 1. The fourth-order valence-corrected chi connectivity index (χ4v) is 3.58. The number of amides is 2. The largest absolute Gasteiger partial charge is 0.354 e. The van der Waals surface area contributed by atoms with Crippen molar-refractivity contribution in [1.82, 2.24) is 20.9 Å². The van der Waals surface area contributed by atoms with Crippen LogP contribution in [0.15, 0.2) is 0 Å². The number of rotatable bonds is 7. The van der Waals surface area contributed by atoms with Crippen LogP contribution in [0.25, 0.3) is 0 Å². The number of carbonyl (C=O) groups excluding carboxylic acids is 2. The van der Waals surface area contributed by atoms with Gasteiger partial charge in [-0.1, -0.05) is 6.92 Å². The molecule has 6 heteroatoms.